The van der Waals surface area contributed by atoms with Gasteiger partial charge in [-0.05, 0) is 73.4 Å². The maximum Gasteiger partial charge on any atom is 0.256 e. The summed E-state index contributed by atoms with van der Waals surface area (Å²) in [7, 11) is 1.90. The molecule has 3 heterocycles. The number of hydrogen-bond donors (Lipinski definition) is 0. The van der Waals surface area contributed by atoms with Crippen molar-refractivity contribution in [2.75, 3.05) is 19.6 Å². The average molecular weight is 486 g/mol. The number of hydrogen-bond acceptors (Lipinski definition) is 4. The number of carbonyl (C=O) groups excluding carboxylic acids is 2. The number of aromatic nitrogens is 2. The summed E-state index contributed by atoms with van der Waals surface area (Å²) in [5.74, 6) is 0.680. The van der Waals surface area contributed by atoms with Crippen molar-refractivity contribution < 1.29 is 14.0 Å². The van der Waals surface area contributed by atoms with Crippen LogP contribution in [0.5, 0.6) is 0 Å². The van der Waals surface area contributed by atoms with Crippen LogP contribution in [0.15, 0.2) is 47.6 Å². The molecule has 2 aliphatic heterocycles. The van der Waals surface area contributed by atoms with E-state index in [1.165, 1.54) is 6.07 Å². The summed E-state index contributed by atoms with van der Waals surface area (Å²) < 4.78 is 17.4. The Morgan fingerprint density at radius 3 is 2.64 bits per heavy atom. The summed E-state index contributed by atoms with van der Waals surface area (Å²) in [6.07, 6.45) is 6.09. The van der Waals surface area contributed by atoms with Gasteiger partial charge in [0.05, 0.1) is 17.3 Å². The average Bonchev–Trinajstić information content (AvgIpc) is 3.78. The molecule has 2 saturated carbocycles. The molecule has 0 radical (unpaired) electrons. The Labute approximate surface area is 208 Å². The number of aryl methyl sites for hydroxylation is 1. The fraction of sp³-hybridized carbons (Fsp3) is 0.429. The number of nitrogens with zero attached hydrogens (tertiary/aromatic N) is 5. The predicted molar refractivity (Wildman–Crippen MR) is 134 cm³/mol. The summed E-state index contributed by atoms with van der Waals surface area (Å²) in [5, 5.41) is 5.28. The second kappa shape index (κ2) is 7.72. The van der Waals surface area contributed by atoms with Gasteiger partial charge >= 0.3 is 0 Å². The molecule has 1 aromatic heterocycles. The molecular formula is C28H28FN5O2. The van der Waals surface area contributed by atoms with E-state index in [2.05, 4.69) is 5.10 Å². The lowest BCUT2D eigenvalue weighted by atomic mass is 10.0. The van der Waals surface area contributed by atoms with Crippen LogP contribution < -0.4 is 0 Å². The molecule has 0 bridgehead atoms. The van der Waals surface area contributed by atoms with Crippen molar-refractivity contribution in [1.29, 1.82) is 0 Å². The molecule has 1 saturated heterocycles. The normalized spacial score (nSPS) is 22.7. The molecular weight excluding hydrogens is 457 g/mol. The van der Waals surface area contributed by atoms with Gasteiger partial charge in [-0.2, -0.15) is 5.10 Å². The van der Waals surface area contributed by atoms with Crippen molar-refractivity contribution in [2.24, 2.45) is 23.9 Å². The van der Waals surface area contributed by atoms with Gasteiger partial charge in [-0.1, -0.05) is 12.1 Å². The van der Waals surface area contributed by atoms with Crippen molar-refractivity contribution in [3.63, 3.8) is 0 Å². The predicted octanol–water partition coefficient (Wildman–Crippen LogP) is 3.76. The monoisotopic (exact) mass is 485 g/mol. The Bertz CT molecular complexity index is 1450. The van der Waals surface area contributed by atoms with Gasteiger partial charge in [0.25, 0.3) is 5.91 Å². The molecule has 1 spiro atoms. The lowest BCUT2D eigenvalue weighted by Crippen LogP contribution is -2.41. The number of halogens is 1. The number of amidine groups is 1. The van der Waals surface area contributed by atoms with Gasteiger partial charge < -0.3 is 4.90 Å². The molecule has 7 rings (SSSR count). The number of aliphatic imine (C=N–C) groups is 1. The summed E-state index contributed by atoms with van der Waals surface area (Å²) in [6, 6.07) is 11.1. The zero-order valence-electron chi connectivity index (χ0n) is 20.3. The number of carbonyl (C=O) groups is 2. The highest BCUT2D eigenvalue weighted by atomic mass is 19.1. The number of amides is 2. The third kappa shape index (κ3) is 3.45. The van der Waals surface area contributed by atoms with Gasteiger partial charge in [0, 0.05) is 38.0 Å². The Morgan fingerprint density at radius 1 is 1.11 bits per heavy atom. The van der Waals surface area contributed by atoms with Crippen molar-refractivity contribution in [2.45, 2.75) is 37.6 Å². The molecule has 3 aromatic rings. The van der Waals surface area contributed by atoms with E-state index in [4.69, 9.17) is 4.99 Å². The summed E-state index contributed by atoms with van der Waals surface area (Å²) in [6.45, 7) is 1.88. The molecule has 36 heavy (non-hydrogen) atoms. The minimum absolute atomic E-state index is 0.0185. The first-order valence-electron chi connectivity index (χ1n) is 12.8. The second-order valence-corrected chi connectivity index (χ2v) is 10.8. The van der Waals surface area contributed by atoms with E-state index in [9.17, 15) is 9.59 Å². The fourth-order valence-corrected chi connectivity index (χ4v) is 5.73. The first-order valence-corrected chi connectivity index (χ1v) is 12.8. The molecule has 1 atom stereocenters. The highest BCUT2D eigenvalue weighted by molar-refractivity contribution is 6.16. The van der Waals surface area contributed by atoms with Gasteiger partial charge in [-0.25, -0.2) is 4.39 Å². The first-order chi connectivity index (χ1) is 17.4. The van der Waals surface area contributed by atoms with Crippen LogP contribution in [0, 0.1) is 17.7 Å². The Balaban J connectivity index is 1.15. The van der Waals surface area contributed by atoms with Crippen LogP contribution in [-0.2, 0) is 16.6 Å². The number of fused-ring (bicyclic) bond motifs is 1. The Hall–Kier alpha value is -3.55. The van der Waals surface area contributed by atoms with Crippen molar-refractivity contribution in [3.05, 3.63) is 54.0 Å². The maximum absolute atomic E-state index is 15.6. The van der Waals surface area contributed by atoms with Crippen LogP contribution in [0.1, 0.15) is 37.7 Å². The number of benzene rings is 2. The van der Waals surface area contributed by atoms with Gasteiger partial charge in [-0.15, -0.1) is 0 Å². The summed E-state index contributed by atoms with van der Waals surface area (Å²) in [5.41, 5.74) is 2.36. The SMILES string of the molecule is Cn1ncc2cc(-c3ccc(C4=NC5(CC5)C(=O)N4CC4CCN(C(=O)C5CC5)C4)c(F)c3)ccc21. The van der Waals surface area contributed by atoms with E-state index in [-0.39, 0.29) is 29.5 Å². The van der Waals surface area contributed by atoms with E-state index in [1.54, 1.807) is 17.2 Å². The number of rotatable bonds is 5. The first kappa shape index (κ1) is 21.7. The quantitative estimate of drug-likeness (QED) is 0.553. The van der Waals surface area contributed by atoms with Crippen LogP contribution in [-0.4, -0.2) is 62.4 Å². The molecule has 2 aliphatic carbocycles. The van der Waals surface area contributed by atoms with Gasteiger partial charge in [-0.3, -0.25) is 24.2 Å². The highest BCUT2D eigenvalue weighted by Crippen LogP contribution is 2.46. The third-order valence-electron chi connectivity index (χ3n) is 8.20. The van der Waals surface area contributed by atoms with Crippen LogP contribution in [0.2, 0.25) is 0 Å². The van der Waals surface area contributed by atoms with Crippen molar-refractivity contribution in [1.82, 2.24) is 19.6 Å². The van der Waals surface area contributed by atoms with E-state index in [1.807, 2.05) is 40.9 Å². The summed E-state index contributed by atoms with van der Waals surface area (Å²) >= 11 is 0. The van der Waals surface area contributed by atoms with Crippen LogP contribution in [0.25, 0.3) is 22.0 Å². The van der Waals surface area contributed by atoms with Crippen LogP contribution in [0.4, 0.5) is 4.39 Å². The Morgan fingerprint density at radius 2 is 1.89 bits per heavy atom. The minimum atomic E-state index is -0.700. The fourth-order valence-electron chi connectivity index (χ4n) is 5.73. The maximum atomic E-state index is 15.6. The molecule has 2 amide bonds. The second-order valence-electron chi connectivity index (χ2n) is 10.8. The molecule has 0 N–H and O–H groups in total. The molecule has 7 nitrogen and oxygen atoms in total. The zero-order valence-corrected chi connectivity index (χ0v) is 20.3. The topological polar surface area (TPSA) is 70.8 Å². The van der Waals surface area contributed by atoms with E-state index in [0.717, 1.165) is 47.8 Å². The van der Waals surface area contributed by atoms with Crippen LogP contribution in [0.3, 0.4) is 0 Å². The van der Waals surface area contributed by atoms with Gasteiger partial charge in [0.1, 0.15) is 17.2 Å². The zero-order chi connectivity index (χ0) is 24.6. The minimum Gasteiger partial charge on any atom is -0.342 e. The molecule has 8 heteroatoms. The summed E-state index contributed by atoms with van der Waals surface area (Å²) in [4.78, 5) is 34.2. The highest BCUT2D eigenvalue weighted by Gasteiger charge is 2.58. The molecule has 1 unspecified atom stereocenters. The van der Waals surface area contributed by atoms with Crippen molar-refractivity contribution in [3.8, 4) is 11.1 Å². The lowest BCUT2D eigenvalue weighted by molar-refractivity contribution is -0.131. The molecule has 184 valence electrons. The smallest absolute Gasteiger partial charge is 0.256 e. The molecule has 4 aliphatic rings. The van der Waals surface area contributed by atoms with Gasteiger partial charge in [0.2, 0.25) is 5.91 Å². The number of likely N-dealkylation sites (tertiary alicyclic amines) is 1. The van der Waals surface area contributed by atoms with Crippen molar-refractivity contribution >= 4 is 28.6 Å². The van der Waals surface area contributed by atoms with E-state index in [0.29, 0.717) is 37.3 Å². The van der Waals surface area contributed by atoms with Gasteiger partial charge in [0.15, 0.2) is 0 Å². The molecule has 2 aromatic carbocycles. The van der Waals surface area contributed by atoms with E-state index < -0.39 is 5.54 Å². The van der Waals surface area contributed by atoms with E-state index >= 15 is 4.39 Å². The third-order valence-corrected chi connectivity index (χ3v) is 8.20. The Kier molecular flexibility index (Phi) is 4.66. The lowest BCUT2D eigenvalue weighted by Gasteiger charge is -2.24. The molecule has 3 fully saturated rings. The largest absolute Gasteiger partial charge is 0.342 e. The standard InChI is InChI=1S/C28H28FN5O2/c1-32-24-7-5-19(12-21(24)14-30-32)20-4-6-22(23(29)13-20)25-31-28(9-10-28)27(36)34(25)16-17-8-11-33(15-17)26(35)18-2-3-18/h4-7,12-14,17-18H,2-3,8-11,15-16H2,1H3. The van der Waals surface area contributed by atoms with Crippen LogP contribution >= 0.6 is 0 Å².